The van der Waals surface area contributed by atoms with Gasteiger partial charge in [-0.25, -0.2) is 13.2 Å². The quantitative estimate of drug-likeness (QED) is 0.659. The summed E-state index contributed by atoms with van der Waals surface area (Å²) in [5, 5.41) is 0. The number of carbonyl (C=O) groups excluding carboxylic acids is 2. The maximum absolute atomic E-state index is 12.8. The highest BCUT2D eigenvalue weighted by Crippen LogP contribution is 2.32. The van der Waals surface area contributed by atoms with Crippen LogP contribution in [0.25, 0.3) is 0 Å². The normalized spacial score (nSPS) is 16.3. The predicted molar refractivity (Wildman–Crippen MR) is 115 cm³/mol. The number of fused-ring (bicyclic) bond motifs is 1. The average Bonchev–Trinajstić information content (AvgIpc) is 3.33. The second-order valence-electron chi connectivity index (χ2n) is 7.57. The van der Waals surface area contributed by atoms with Crippen molar-refractivity contribution in [2.45, 2.75) is 30.8 Å². The van der Waals surface area contributed by atoms with Gasteiger partial charge in [-0.1, -0.05) is 6.07 Å². The van der Waals surface area contributed by atoms with Crippen LogP contribution < -0.4 is 14.2 Å². The Morgan fingerprint density at radius 3 is 2.50 bits per heavy atom. The van der Waals surface area contributed by atoms with E-state index >= 15 is 0 Å². The second kappa shape index (κ2) is 9.07. The fourth-order valence-corrected chi connectivity index (χ4v) is 4.65. The zero-order valence-electron chi connectivity index (χ0n) is 17.6. The maximum atomic E-state index is 12.8. The number of nitrogens with zero attached hydrogens (tertiary/aromatic N) is 1. The van der Waals surface area contributed by atoms with Crippen LogP contribution >= 0.6 is 0 Å². The lowest BCUT2D eigenvalue weighted by molar-refractivity contribution is -0.138. The number of hydrogen-bond acceptors (Lipinski definition) is 7. The van der Waals surface area contributed by atoms with Gasteiger partial charge in [0.2, 0.25) is 0 Å². The zero-order valence-corrected chi connectivity index (χ0v) is 18.4. The van der Waals surface area contributed by atoms with Crippen molar-refractivity contribution in [1.82, 2.24) is 4.90 Å². The molecule has 0 spiro atoms. The molecule has 0 aliphatic carbocycles. The molecule has 1 saturated heterocycles. The monoisotopic (exact) mass is 460 g/mol. The summed E-state index contributed by atoms with van der Waals surface area (Å²) in [5.41, 5.74) is 0.321. The van der Waals surface area contributed by atoms with Crippen LogP contribution in [0.4, 0.5) is 5.69 Å². The lowest BCUT2D eigenvalue weighted by atomic mass is 10.2. The van der Waals surface area contributed by atoms with Crippen LogP contribution in [0.5, 0.6) is 11.5 Å². The third-order valence-corrected chi connectivity index (χ3v) is 6.60. The molecule has 2 aromatic carbocycles. The van der Waals surface area contributed by atoms with Gasteiger partial charge >= 0.3 is 5.97 Å². The van der Waals surface area contributed by atoms with Gasteiger partial charge in [0, 0.05) is 24.8 Å². The number of amides is 1. The van der Waals surface area contributed by atoms with Crippen molar-refractivity contribution >= 4 is 27.6 Å². The predicted octanol–water partition coefficient (Wildman–Crippen LogP) is 2.43. The third kappa shape index (κ3) is 4.80. The number of ether oxygens (including phenoxy) is 3. The average molecular weight is 461 g/mol. The Labute approximate surface area is 186 Å². The molecule has 2 aliphatic heterocycles. The number of rotatable bonds is 6. The Kier molecular flexibility index (Phi) is 6.22. The summed E-state index contributed by atoms with van der Waals surface area (Å²) in [6.45, 7) is 3.61. The summed E-state index contributed by atoms with van der Waals surface area (Å²) >= 11 is 0. The minimum Gasteiger partial charge on any atom is -0.486 e. The van der Waals surface area contributed by atoms with Crippen LogP contribution in [0.2, 0.25) is 0 Å². The highest BCUT2D eigenvalue weighted by molar-refractivity contribution is 7.92. The Morgan fingerprint density at radius 2 is 1.75 bits per heavy atom. The summed E-state index contributed by atoms with van der Waals surface area (Å²) in [5.74, 6) is -0.0950. The fraction of sp³-hybridized carbons (Fsp3) is 0.364. The number of nitrogens with one attached hydrogen (secondary N) is 1. The minimum atomic E-state index is -3.94. The number of benzene rings is 2. The molecule has 4 rings (SSSR count). The SMILES string of the molecule is C[C@@H](OC(=O)c1cccc(NS(=O)(=O)c2ccc3c(c2)OCCO3)c1)C(=O)N1CCCC1. The molecule has 0 aromatic heterocycles. The van der Waals surface area contributed by atoms with Gasteiger partial charge in [0.15, 0.2) is 17.6 Å². The molecule has 0 radical (unpaired) electrons. The maximum Gasteiger partial charge on any atom is 0.338 e. The van der Waals surface area contributed by atoms with Crippen LogP contribution in [-0.2, 0) is 19.6 Å². The molecule has 10 heteroatoms. The molecule has 1 amide bonds. The van der Waals surface area contributed by atoms with Crippen LogP contribution in [0.15, 0.2) is 47.4 Å². The van der Waals surface area contributed by atoms with E-state index in [0.29, 0.717) is 37.8 Å². The number of likely N-dealkylation sites (tertiary alicyclic amines) is 1. The summed E-state index contributed by atoms with van der Waals surface area (Å²) in [4.78, 5) is 26.6. The van der Waals surface area contributed by atoms with Crippen LogP contribution in [0.3, 0.4) is 0 Å². The van der Waals surface area contributed by atoms with E-state index in [-0.39, 0.29) is 22.1 Å². The first-order valence-electron chi connectivity index (χ1n) is 10.4. The van der Waals surface area contributed by atoms with Crippen molar-refractivity contribution in [3.63, 3.8) is 0 Å². The standard InChI is InChI=1S/C22H24N2O7S/c1-15(21(25)24-9-2-3-10-24)31-22(26)16-5-4-6-17(13-16)23-32(27,28)18-7-8-19-20(14-18)30-12-11-29-19/h4-8,13-15,23H,2-3,9-12H2,1H3/t15-/m1/s1. The molecule has 1 atom stereocenters. The number of esters is 1. The van der Waals surface area contributed by atoms with Gasteiger partial charge in [0.1, 0.15) is 13.2 Å². The first kappa shape index (κ1) is 21.9. The van der Waals surface area contributed by atoms with Crippen molar-refractivity contribution in [2.24, 2.45) is 0 Å². The molecule has 0 unspecified atom stereocenters. The number of hydrogen-bond donors (Lipinski definition) is 1. The topological polar surface area (TPSA) is 111 Å². The molecule has 2 heterocycles. The number of sulfonamides is 1. The smallest absolute Gasteiger partial charge is 0.338 e. The molecule has 2 aromatic rings. The molecule has 1 fully saturated rings. The van der Waals surface area contributed by atoms with E-state index in [4.69, 9.17) is 14.2 Å². The number of anilines is 1. The molecule has 1 N–H and O–H groups in total. The van der Waals surface area contributed by atoms with E-state index in [1.807, 2.05) is 0 Å². The largest absolute Gasteiger partial charge is 0.486 e. The highest BCUT2D eigenvalue weighted by atomic mass is 32.2. The Balaban J connectivity index is 1.45. The summed E-state index contributed by atoms with van der Waals surface area (Å²) in [6.07, 6.45) is 0.967. The van der Waals surface area contributed by atoms with Gasteiger partial charge < -0.3 is 19.1 Å². The van der Waals surface area contributed by atoms with Gasteiger partial charge in [-0.2, -0.15) is 0 Å². The van der Waals surface area contributed by atoms with Gasteiger partial charge in [0.05, 0.1) is 10.5 Å². The molecular formula is C22H24N2O7S. The highest BCUT2D eigenvalue weighted by Gasteiger charge is 2.26. The van der Waals surface area contributed by atoms with Gasteiger partial charge in [-0.15, -0.1) is 0 Å². The summed E-state index contributed by atoms with van der Waals surface area (Å²) in [7, 11) is -3.94. The molecule has 170 valence electrons. The third-order valence-electron chi connectivity index (χ3n) is 5.22. The lowest BCUT2D eigenvalue weighted by Crippen LogP contribution is -2.38. The summed E-state index contributed by atoms with van der Waals surface area (Å²) in [6, 6.07) is 10.3. The van der Waals surface area contributed by atoms with E-state index in [1.165, 1.54) is 49.4 Å². The van der Waals surface area contributed by atoms with Crippen molar-refractivity contribution in [1.29, 1.82) is 0 Å². The zero-order chi connectivity index (χ0) is 22.7. The molecule has 9 nitrogen and oxygen atoms in total. The molecule has 2 aliphatic rings. The van der Waals surface area contributed by atoms with Crippen molar-refractivity contribution in [3.05, 3.63) is 48.0 Å². The Morgan fingerprint density at radius 1 is 1.03 bits per heavy atom. The fourth-order valence-electron chi connectivity index (χ4n) is 3.59. The van der Waals surface area contributed by atoms with Crippen molar-refractivity contribution in [2.75, 3.05) is 31.0 Å². The van der Waals surface area contributed by atoms with E-state index < -0.39 is 22.1 Å². The minimum absolute atomic E-state index is 0.000406. The van der Waals surface area contributed by atoms with E-state index in [9.17, 15) is 18.0 Å². The van der Waals surface area contributed by atoms with Gasteiger partial charge in [-0.3, -0.25) is 9.52 Å². The molecular weight excluding hydrogens is 436 g/mol. The van der Waals surface area contributed by atoms with E-state index in [0.717, 1.165) is 12.8 Å². The van der Waals surface area contributed by atoms with Crippen LogP contribution in [-0.4, -0.2) is 57.6 Å². The lowest BCUT2D eigenvalue weighted by Gasteiger charge is -2.20. The first-order valence-corrected chi connectivity index (χ1v) is 11.8. The molecule has 0 bridgehead atoms. The van der Waals surface area contributed by atoms with Crippen LogP contribution in [0, 0.1) is 0 Å². The number of carbonyl (C=O) groups is 2. The van der Waals surface area contributed by atoms with Crippen molar-refractivity contribution in [3.8, 4) is 11.5 Å². The van der Waals surface area contributed by atoms with Crippen LogP contribution in [0.1, 0.15) is 30.1 Å². The Bertz CT molecular complexity index is 1130. The van der Waals surface area contributed by atoms with E-state index in [2.05, 4.69) is 4.72 Å². The first-order chi connectivity index (χ1) is 15.3. The van der Waals surface area contributed by atoms with E-state index in [1.54, 1.807) is 4.90 Å². The van der Waals surface area contributed by atoms with Gasteiger partial charge in [-0.05, 0) is 50.1 Å². The van der Waals surface area contributed by atoms with Gasteiger partial charge in [0.25, 0.3) is 15.9 Å². The summed E-state index contributed by atoms with van der Waals surface area (Å²) < 4.78 is 44.2. The second-order valence-corrected chi connectivity index (χ2v) is 9.25. The molecule has 32 heavy (non-hydrogen) atoms. The molecule has 0 saturated carbocycles. The van der Waals surface area contributed by atoms with Crippen molar-refractivity contribution < 1.29 is 32.2 Å². The Hall–Kier alpha value is -3.27.